The van der Waals surface area contributed by atoms with E-state index >= 15 is 0 Å². The molecule has 2 atom stereocenters. The quantitative estimate of drug-likeness (QED) is 0.379. The van der Waals surface area contributed by atoms with E-state index in [0.29, 0.717) is 18.8 Å². The molecule has 2 unspecified atom stereocenters. The summed E-state index contributed by atoms with van der Waals surface area (Å²) in [5, 5.41) is 6.55. The van der Waals surface area contributed by atoms with Gasteiger partial charge in [-0.15, -0.1) is 0 Å². The fraction of sp³-hybridized carbons (Fsp3) is 0.938. The van der Waals surface area contributed by atoms with E-state index in [4.69, 9.17) is 9.47 Å². The van der Waals surface area contributed by atoms with Crippen LogP contribution in [-0.2, 0) is 9.47 Å². The highest BCUT2D eigenvalue weighted by Crippen LogP contribution is 2.10. The first-order valence-electron chi connectivity index (χ1n) is 8.63. The van der Waals surface area contributed by atoms with Crippen LogP contribution in [0.5, 0.6) is 0 Å². The largest absolute Gasteiger partial charge is 0.380 e. The summed E-state index contributed by atoms with van der Waals surface area (Å²) in [6.45, 7) is 15.5. The lowest BCUT2D eigenvalue weighted by Crippen LogP contribution is -2.45. The normalized spacial score (nSPS) is 23.5. The second kappa shape index (κ2) is 11.7. The second-order valence-corrected chi connectivity index (χ2v) is 5.75. The number of aliphatic imine (C=N–C) groups is 1. The van der Waals surface area contributed by atoms with Crippen LogP contribution in [0, 0.1) is 0 Å². The van der Waals surface area contributed by atoms with Crippen molar-refractivity contribution in [1.82, 2.24) is 15.5 Å². The van der Waals surface area contributed by atoms with Gasteiger partial charge >= 0.3 is 0 Å². The molecule has 1 saturated heterocycles. The molecule has 0 aromatic carbocycles. The average molecular weight is 314 g/mol. The molecule has 1 rings (SSSR count). The molecule has 0 aliphatic carbocycles. The summed E-state index contributed by atoms with van der Waals surface area (Å²) in [5.41, 5.74) is 0. The highest BCUT2D eigenvalue weighted by molar-refractivity contribution is 5.79. The molecular weight excluding hydrogens is 280 g/mol. The topological polar surface area (TPSA) is 58.1 Å². The van der Waals surface area contributed by atoms with Gasteiger partial charge < -0.3 is 20.1 Å². The molecule has 0 amide bonds. The van der Waals surface area contributed by atoms with Crippen molar-refractivity contribution >= 4 is 5.96 Å². The smallest absolute Gasteiger partial charge is 0.191 e. The number of ether oxygens (including phenoxy) is 2. The van der Waals surface area contributed by atoms with Gasteiger partial charge in [-0.2, -0.15) is 0 Å². The molecule has 0 aromatic rings. The van der Waals surface area contributed by atoms with Crippen LogP contribution in [0.15, 0.2) is 4.99 Å². The summed E-state index contributed by atoms with van der Waals surface area (Å²) in [4.78, 5) is 7.09. The van der Waals surface area contributed by atoms with E-state index in [1.54, 1.807) is 0 Å². The zero-order valence-electron chi connectivity index (χ0n) is 14.7. The zero-order chi connectivity index (χ0) is 16.2. The molecule has 6 heteroatoms. The maximum atomic E-state index is 5.76. The van der Waals surface area contributed by atoms with Crippen molar-refractivity contribution in [3.63, 3.8) is 0 Å². The van der Waals surface area contributed by atoms with E-state index in [1.165, 1.54) is 0 Å². The molecule has 0 spiro atoms. The Hall–Kier alpha value is -0.850. The molecule has 130 valence electrons. The molecule has 0 saturated carbocycles. The van der Waals surface area contributed by atoms with Gasteiger partial charge in [-0.1, -0.05) is 0 Å². The fourth-order valence-electron chi connectivity index (χ4n) is 2.68. The van der Waals surface area contributed by atoms with Gasteiger partial charge in [0, 0.05) is 45.9 Å². The Morgan fingerprint density at radius 1 is 1.23 bits per heavy atom. The number of nitrogens with zero attached hydrogens (tertiary/aromatic N) is 2. The highest BCUT2D eigenvalue weighted by Gasteiger charge is 2.21. The zero-order valence-corrected chi connectivity index (χ0v) is 14.7. The van der Waals surface area contributed by atoms with Crippen molar-refractivity contribution in [1.29, 1.82) is 0 Å². The monoisotopic (exact) mass is 314 g/mol. The Balaban J connectivity index is 2.22. The fourth-order valence-corrected chi connectivity index (χ4v) is 2.68. The molecule has 1 aliphatic rings. The van der Waals surface area contributed by atoms with E-state index in [-0.39, 0.29) is 0 Å². The number of hydrogen-bond acceptors (Lipinski definition) is 4. The molecule has 1 aliphatic heterocycles. The van der Waals surface area contributed by atoms with Crippen molar-refractivity contribution in [2.45, 2.75) is 46.3 Å². The second-order valence-electron chi connectivity index (χ2n) is 5.75. The van der Waals surface area contributed by atoms with Crippen molar-refractivity contribution in [2.24, 2.45) is 4.99 Å². The lowest BCUT2D eigenvalue weighted by atomic mass is 10.2. The Morgan fingerprint density at radius 2 is 1.95 bits per heavy atom. The van der Waals surface area contributed by atoms with Crippen LogP contribution in [0.1, 0.15) is 34.1 Å². The summed E-state index contributed by atoms with van der Waals surface area (Å²) >= 11 is 0. The lowest BCUT2D eigenvalue weighted by molar-refractivity contribution is -0.0679. The van der Waals surface area contributed by atoms with E-state index in [0.717, 1.165) is 58.3 Å². The van der Waals surface area contributed by atoms with E-state index in [1.807, 2.05) is 6.92 Å². The van der Waals surface area contributed by atoms with Crippen molar-refractivity contribution in [2.75, 3.05) is 52.5 Å². The molecule has 6 nitrogen and oxygen atoms in total. The number of rotatable bonds is 9. The maximum Gasteiger partial charge on any atom is 0.191 e. The lowest BCUT2D eigenvalue weighted by Gasteiger charge is -2.35. The highest BCUT2D eigenvalue weighted by atomic mass is 16.5. The number of morpholine rings is 1. The molecule has 2 N–H and O–H groups in total. The van der Waals surface area contributed by atoms with Crippen LogP contribution < -0.4 is 10.6 Å². The van der Waals surface area contributed by atoms with Crippen molar-refractivity contribution < 1.29 is 9.47 Å². The van der Waals surface area contributed by atoms with E-state index < -0.39 is 0 Å². The number of nitrogens with one attached hydrogen (secondary N) is 2. The summed E-state index contributed by atoms with van der Waals surface area (Å²) in [6, 6.07) is 0. The van der Waals surface area contributed by atoms with Crippen LogP contribution in [0.4, 0.5) is 0 Å². The Labute approximate surface area is 135 Å². The molecule has 0 bridgehead atoms. The predicted octanol–water partition coefficient (Wildman–Crippen LogP) is 1.08. The van der Waals surface area contributed by atoms with Crippen LogP contribution in [0.3, 0.4) is 0 Å². The van der Waals surface area contributed by atoms with Crippen LogP contribution in [0.2, 0.25) is 0 Å². The molecular formula is C16H34N4O2. The van der Waals surface area contributed by atoms with Gasteiger partial charge in [0.25, 0.3) is 0 Å². The minimum atomic E-state index is 0.338. The third-order valence-electron chi connectivity index (χ3n) is 3.48. The number of hydrogen-bond donors (Lipinski definition) is 2. The maximum absolute atomic E-state index is 5.76. The van der Waals surface area contributed by atoms with Gasteiger partial charge in [-0.25, -0.2) is 0 Å². The van der Waals surface area contributed by atoms with Crippen molar-refractivity contribution in [3.05, 3.63) is 0 Å². The average Bonchev–Trinajstić information content (AvgIpc) is 2.47. The first-order chi connectivity index (χ1) is 10.7. The number of guanidine groups is 1. The predicted molar refractivity (Wildman–Crippen MR) is 91.5 cm³/mol. The first kappa shape index (κ1) is 19.2. The van der Waals surface area contributed by atoms with E-state index in [9.17, 15) is 0 Å². The Bertz CT molecular complexity index is 303. The van der Waals surface area contributed by atoms with Gasteiger partial charge in [0.2, 0.25) is 0 Å². The Kier molecular flexibility index (Phi) is 10.2. The summed E-state index contributed by atoms with van der Waals surface area (Å²) in [7, 11) is 0. The van der Waals surface area contributed by atoms with Gasteiger partial charge in [0.15, 0.2) is 5.96 Å². The third-order valence-corrected chi connectivity index (χ3v) is 3.48. The SMILES string of the molecule is CCNC(=NCCCN1CC(C)OC(C)C1)NCCOCC. The standard InChI is InChI=1S/C16H34N4O2/c1-5-17-16(19-9-11-21-6-2)18-8-7-10-20-12-14(3)22-15(4)13-20/h14-15H,5-13H2,1-4H3,(H2,17,18,19). The molecule has 0 aromatic heterocycles. The minimum absolute atomic E-state index is 0.338. The van der Waals surface area contributed by atoms with Gasteiger partial charge in [0.1, 0.15) is 0 Å². The van der Waals surface area contributed by atoms with Gasteiger partial charge in [-0.3, -0.25) is 9.89 Å². The van der Waals surface area contributed by atoms with Crippen LogP contribution in [0.25, 0.3) is 0 Å². The molecule has 1 heterocycles. The third kappa shape index (κ3) is 8.56. The van der Waals surface area contributed by atoms with E-state index in [2.05, 4.69) is 41.3 Å². The van der Waals surface area contributed by atoms with Crippen molar-refractivity contribution in [3.8, 4) is 0 Å². The van der Waals surface area contributed by atoms with Gasteiger partial charge in [-0.05, 0) is 34.1 Å². The molecule has 0 radical (unpaired) electrons. The molecule has 1 fully saturated rings. The summed E-state index contributed by atoms with van der Waals surface area (Å²) in [6.07, 6.45) is 1.75. The summed E-state index contributed by atoms with van der Waals surface area (Å²) < 4.78 is 11.1. The first-order valence-corrected chi connectivity index (χ1v) is 8.63. The van der Waals surface area contributed by atoms with Crippen LogP contribution in [-0.4, -0.2) is 75.5 Å². The Morgan fingerprint density at radius 3 is 2.59 bits per heavy atom. The summed E-state index contributed by atoms with van der Waals surface area (Å²) in [5.74, 6) is 0.880. The van der Waals surface area contributed by atoms with Gasteiger partial charge in [0.05, 0.1) is 18.8 Å². The molecule has 22 heavy (non-hydrogen) atoms. The minimum Gasteiger partial charge on any atom is -0.380 e. The van der Waals surface area contributed by atoms with Crippen LogP contribution >= 0.6 is 0 Å².